The summed E-state index contributed by atoms with van der Waals surface area (Å²) < 4.78 is 0. The summed E-state index contributed by atoms with van der Waals surface area (Å²) in [5.74, 6) is 1.61. The molecule has 0 aliphatic heterocycles. The van der Waals surface area contributed by atoms with Gasteiger partial charge in [-0.25, -0.2) is 0 Å². The molecule has 95 valence electrons. The van der Waals surface area contributed by atoms with Crippen LogP contribution in [0.25, 0.3) is 0 Å². The Labute approximate surface area is 107 Å². The average Bonchev–Trinajstić information content (AvgIpc) is 2.39. The highest BCUT2D eigenvalue weighted by Gasteiger charge is 2.15. The predicted octanol–water partition coefficient (Wildman–Crippen LogP) is 5.12. The molecule has 0 heterocycles. The lowest BCUT2D eigenvalue weighted by atomic mass is 9.84. The topological polar surface area (TPSA) is 0 Å². The van der Waals surface area contributed by atoms with Crippen molar-refractivity contribution in [2.24, 2.45) is 0 Å². The van der Waals surface area contributed by atoms with E-state index in [-0.39, 0.29) is 0 Å². The summed E-state index contributed by atoms with van der Waals surface area (Å²) in [4.78, 5) is 0. The molecule has 1 rings (SSSR count). The van der Waals surface area contributed by atoms with Crippen molar-refractivity contribution in [3.63, 3.8) is 0 Å². The summed E-state index contributed by atoms with van der Waals surface area (Å²) >= 11 is 0. The molecule has 0 fully saturated rings. The van der Waals surface area contributed by atoms with Crippen LogP contribution in [0.3, 0.4) is 0 Å². The Morgan fingerprint density at radius 3 is 1.76 bits per heavy atom. The summed E-state index contributed by atoms with van der Waals surface area (Å²) in [6.45, 7) is 11.4. The van der Waals surface area contributed by atoms with Crippen molar-refractivity contribution >= 4 is 0 Å². The van der Waals surface area contributed by atoms with Crippen LogP contribution in [-0.4, -0.2) is 0 Å². The zero-order chi connectivity index (χ0) is 12.8. The van der Waals surface area contributed by atoms with Crippen LogP contribution in [-0.2, 0) is 19.3 Å². The third-order valence-corrected chi connectivity index (χ3v) is 3.85. The van der Waals surface area contributed by atoms with Crippen LogP contribution in [0.4, 0.5) is 0 Å². The molecule has 0 amide bonds. The highest BCUT2D eigenvalue weighted by molar-refractivity contribution is 5.47. The number of rotatable bonds is 6. The molecule has 0 spiro atoms. The maximum absolute atomic E-state index is 2.36. The molecule has 0 N–H and O–H groups in total. The quantitative estimate of drug-likeness (QED) is 0.637. The van der Waals surface area contributed by atoms with Gasteiger partial charge < -0.3 is 0 Å². The second-order valence-corrected chi connectivity index (χ2v) is 4.60. The number of aryl methyl sites for hydroxylation is 1. The van der Waals surface area contributed by atoms with Crippen molar-refractivity contribution in [1.82, 2.24) is 0 Å². The monoisotopic (exact) mass is 231 g/mol. The molecule has 0 unspecified atom stereocenters. The molecule has 0 saturated carbocycles. The van der Waals surface area contributed by atoms with Crippen molar-refractivity contribution in [1.29, 1.82) is 0 Å². The van der Waals surface area contributed by atoms with Gasteiger partial charge in [0, 0.05) is 5.92 Å². The van der Waals surface area contributed by atoms with Crippen LogP contribution in [0.5, 0.6) is 0 Å². The Hall–Kier alpha value is -0.780. The Morgan fingerprint density at radius 1 is 0.765 bits per heavy atom. The van der Waals surface area contributed by atoms with Gasteiger partial charge in [0.25, 0.3) is 0 Å². The van der Waals surface area contributed by atoms with Gasteiger partial charge in [-0.1, -0.05) is 46.8 Å². The summed E-state index contributed by atoms with van der Waals surface area (Å²) in [7, 11) is 0. The van der Waals surface area contributed by atoms with E-state index in [0.29, 0.717) is 0 Å². The minimum Gasteiger partial charge on any atom is -0.0645 e. The molecule has 0 aliphatic rings. The van der Waals surface area contributed by atoms with Crippen LogP contribution < -0.4 is 0 Å². The van der Waals surface area contributed by atoms with E-state index < -0.39 is 0 Å². The van der Waals surface area contributed by atoms with E-state index in [4.69, 9.17) is 0 Å². The first-order chi connectivity index (χ1) is 8.23. The number of benzene rings is 1. The van der Waals surface area contributed by atoms with Gasteiger partial charge in [-0.3, -0.25) is 0 Å². The SMILES string of the molecule is CC[C](CC)c1ccc(CC)c(CC)c1CC. The first kappa shape index (κ1) is 14.3. The molecular weight excluding hydrogens is 204 g/mol. The van der Waals surface area contributed by atoms with Crippen molar-refractivity contribution in [2.45, 2.75) is 66.7 Å². The van der Waals surface area contributed by atoms with Gasteiger partial charge in [-0.05, 0) is 54.4 Å². The number of hydrogen-bond donors (Lipinski definition) is 0. The fourth-order valence-corrected chi connectivity index (χ4v) is 2.88. The second-order valence-electron chi connectivity index (χ2n) is 4.60. The minimum atomic E-state index is 1.16. The summed E-state index contributed by atoms with van der Waals surface area (Å²) in [5.41, 5.74) is 6.28. The van der Waals surface area contributed by atoms with Crippen LogP contribution in [0.15, 0.2) is 12.1 Å². The highest BCUT2D eigenvalue weighted by Crippen LogP contribution is 2.30. The van der Waals surface area contributed by atoms with E-state index in [9.17, 15) is 0 Å². The fourth-order valence-electron chi connectivity index (χ4n) is 2.88. The summed E-state index contributed by atoms with van der Waals surface area (Å²) in [6.07, 6.45) is 5.84. The zero-order valence-electron chi connectivity index (χ0n) is 12.2. The molecule has 1 aromatic rings. The van der Waals surface area contributed by atoms with E-state index in [2.05, 4.69) is 46.8 Å². The normalized spacial score (nSPS) is 11.2. The maximum atomic E-state index is 2.36. The third kappa shape index (κ3) is 2.91. The van der Waals surface area contributed by atoms with Crippen LogP contribution in [0.2, 0.25) is 0 Å². The summed E-state index contributed by atoms with van der Waals surface area (Å²) in [5, 5.41) is 0. The molecule has 0 atom stereocenters. The van der Waals surface area contributed by atoms with E-state index in [1.165, 1.54) is 24.8 Å². The van der Waals surface area contributed by atoms with Gasteiger partial charge in [0.05, 0.1) is 0 Å². The van der Waals surface area contributed by atoms with E-state index in [1.807, 2.05) is 0 Å². The van der Waals surface area contributed by atoms with Gasteiger partial charge in [0.2, 0.25) is 0 Å². The Kier molecular flexibility index (Phi) is 5.74. The molecule has 0 aromatic heterocycles. The van der Waals surface area contributed by atoms with Gasteiger partial charge in [-0.15, -0.1) is 0 Å². The molecule has 0 nitrogen and oxygen atoms in total. The molecule has 0 bridgehead atoms. The lowest BCUT2D eigenvalue weighted by Gasteiger charge is -2.21. The third-order valence-electron chi connectivity index (χ3n) is 3.85. The maximum Gasteiger partial charge on any atom is 0.00473 e. The second kappa shape index (κ2) is 6.83. The Morgan fingerprint density at radius 2 is 1.35 bits per heavy atom. The molecule has 1 radical (unpaired) electrons. The minimum absolute atomic E-state index is 1.16. The predicted molar refractivity (Wildman–Crippen MR) is 77.5 cm³/mol. The number of hydrogen-bond acceptors (Lipinski definition) is 0. The zero-order valence-corrected chi connectivity index (χ0v) is 12.2. The van der Waals surface area contributed by atoms with Crippen LogP contribution >= 0.6 is 0 Å². The van der Waals surface area contributed by atoms with Crippen LogP contribution in [0.1, 0.15) is 69.7 Å². The van der Waals surface area contributed by atoms with Crippen molar-refractivity contribution in [3.8, 4) is 0 Å². The van der Waals surface area contributed by atoms with Crippen molar-refractivity contribution in [3.05, 3.63) is 40.3 Å². The van der Waals surface area contributed by atoms with Crippen molar-refractivity contribution < 1.29 is 0 Å². The van der Waals surface area contributed by atoms with Gasteiger partial charge >= 0.3 is 0 Å². The van der Waals surface area contributed by atoms with E-state index in [1.54, 1.807) is 22.6 Å². The van der Waals surface area contributed by atoms with E-state index in [0.717, 1.165) is 12.8 Å². The van der Waals surface area contributed by atoms with Crippen LogP contribution in [0, 0.1) is 5.92 Å². The largest absolute Gasteiger partial charge is 0.0645 e. The summed E-state index contributed by atoms with van der Waals surface area (Å²) in [6, 6.07) is 4.71. The lowest BCUT2D eigenvalue weighted by Crippen LogP contribution is -2.07. The first-order valence-corrected chi connectivity index (χ1v) is 7.21. The smallest absolute Gasteiger partial charge is 0.00473 e. The fraction of sp³-hybridized carbons (Fsp3) is 0.588. The van der Waals surface area contributed by atoms with Gasteiger partial charge in [-0.2, -0.15) is 0 Å². The molecular formula is C17H27. The van der Waals surface area contributed by atoms with Crippen molar-refractivity contribution in [2.75, 3.05) is 0 Å². The molecule has 0 aliphatic carbocycles. The first-order valence-electron chi connectivity index (χ1n) is 7.21. The molecule has 1 aromatic carbocycles. The average molecular weight is 231 g/mol. The Bertz CT molecular complexity index is 345. The molecule has 0 saturated heterocycles. The Balaban J connectivity index is 3.31. The van der Waals surface area contributed by atoms with Gasteiger partial charge in [0.1, 0.15) is 0 Å². The molecule has 17 heavy (non-hydrogen) atoms. The standard InChI is InChI=1S/C17H27/c1-6-13(7-2)17-12-11-14(8-3)15(9-4)16(17)10-5/h11-12H,6-10H2,1-5H3. The highest BCUT2D eigenvalue weighted by atomic mass is 14.2. The molecule has 0 heteroatoms. The van der Waals surface area contributed by atoms with E-state index >= 15 is 0 Å². The lowest BCUT2D eigenvalue weighted by molar-refractivity contribution is 0.829. The van der Waals surface area contributed by atoms with Gasteiger partial charge in [0.15, 0.2) is 0 Å².